The fourth-order valence-electron chi connectivity index (χ4n) is 2.38. The predicted octanol–water partition coefficient (Wildman–Crippen LogP) is 2.62. The number of H-pyrrole nitrogens is 1. The summed E-state index contributed by atoms with van der Waals surface area (Å²) in [7, 11) is 0. The first-order valence-corrected chi connectivity index (χ1v) is 8.70. The smallest absolute Gasteiger partial charge is 0.267 e. The SMILES string of the molecule is CCCNc1nc(Nc2ccc(Oc3ccccc3)nc2)c(C(N)=O)c(=O)[nH]1. The van der Waals surface area contributed by atoms with Gasteiger partial charge in [-0.05, 0) is 24.6 Å². The summed E-state index contributed by atoms with van der Waals surface area (Å²) in [4.78, 5) is 34.8. The van der Waals surface area contributed by atoms with Crippen molar-refractivity contribution < 1.29 is 9.53 Å². The minimum absolute atomic E-state index is 0.0494. The summed E-state index contributed by atoms with van der Waals surface area (Å²) in [6, 6.07) is 12.6. The highest BCUT2D eigenvalue weighted by atomic mass is 16.5. The topological polar surface area (TPSA) is 135 Å². The van der Waals surface area contributed by atoms with Crippen LogP contribution in [0.4, 0.5) is 17.5 Å². The Morgan fingerprint density at radius 3 is 2.64 bits per heavy atom. The van der Waals surface area contributed by atoms with Gasteiger partial charge >= 0.3 is 0 Å². The highest BCUT2D eigenvalue weighted by Crippen LogP contribution is 2.22. The number of pyridine rings is 1. The zero-order chi connectivity index (χ0) is 19.9. The minimum atomic E-state index is -0.879. The molecule has 3 aromatic rings. The molecule has 0 spiro atoms. The highest BCUT2D eigenvalue weighted by Gasteiger charge is 2.17. The van der Waals surface area contributed by atoms with E-state index in [-0.39, 0.29) is 17.3 Å². The molecule has 28 heavy (non-hydrogen) atoms. The van der Waals surface area contributed by atoms with Gasteiger partial charge in [-0.3, -0.25) is 14.6 Å². The van der Waals surface area contributed by atoms with E-state index in [1.54, 1.807) is 12.1 Å². The van der Waals surface area contributed by atoms with E-state index in [0.29, 0.717) is 23.9 Å². The lowest BCUT2D eigenvalue weighted by Gasteiger charge is -2.11. The van der Waals surface area contributed by atoms with Gasteiger partial charge in [-0.15, -0.1) is 0 Å². The van der Waals surface area contributed by atoms with Crippen LogP contribution < -0.4 is 26.7 Å². The molecule has 0 aliphatic carbocycles. The van der Waals surface area contributed by atoms with E-state index < -0.39 is 11.5 Å². The molecule has 0 saturated heterocycles. The number of benzene rings is 1. The zero-order valence-electron chi connectivity index (χ0n) is 15.2. The molecule has 9 heteroatoms. The van der Waals surface area contributed by atoms with Crippen LogP contribution in [-0.4, -0.2) is 27.4 Å². The van der Waals surface area contributed by atoms with Crippen molar-refractivity contribution in [2.45, 2.75) is 13.3 Å². The number of hydrogen-bond acceptors (Lipinski definition) is 7. The van der Waals surface area contributed by atoms with Gasteiger partial charge in [0.05, 0.1) is 11.9 Å². The second kappa shape index (κ2) is 8.67. The average molecular weight is 380 g/mol. The Balaban J connectivity index is 1.82. The fraction of sp³-hybridized carbons (Fsp3) is 0.158. The molecule has 144 valence electrons. The lowest BCUT2D eigenvalue weighted by atomic mass is 10.2. The van der Waals surface area contributed by atoms with E-state index in [0.717, 1.165) is 6.42 Å². The highest BCUT2D eigenvalue weighted by molar-refractivity contribution is 5.98. The average Bonchev–Trinajstić information content (AvgIpc) is 2.68. The van der Waals surface area contributed by atoms with Crippen LogP contribution in [-0.2, 0) is 0 Å². The second-order valence-corrected chi connectivity index (χ2v) is 5.85. The fourth-order valence-corrected chi connectivity index (χ4v) is 2.38. The van der Waals surface area contributed by atoms with Gasteiger partial charge in [-0.2, -0.15) is 4.98 Å². The molecule has 0 unspecified atom stereocenters. The lowest BCUT2D eigenvalue weighted by Crippen LogP contribution is -2.27. The van der Waals surface area contributed by atoms with Gasteiger partial charge in [0.25, 0.3) is 11.5 Å². The lowest BCUT2D eigenvalue weighted by molar-refractivity contribution is 0.0999. The van der Waals surface area contributed by atoms with Crippen molar-refractivity contribution in [2.24, 2.45) is 5.73 Å². The number of carbonyl (C=O) groups excluding carboxylic acids is 1. The van der Waals surface area contributed by atoms with Crippen molar-refractivity contribution in [1.82, 2.24) is 15.0 Å². The molecule has 5 N–H and O–H groups in total. The molecule has 0 bridgehead atoms. The maximum absolute atomic E-state index is 12.2. The molecule has 2 aromatic heterocycles. The largest absolute Gasteiger partial charge is 0.439 e. The van der Waals surface area contributed by atoms with Crippen molar-refractivity contribution in [3.05, 3.63) is 64.6 Å². The van der Waals surface area contributed by atoms with Crippen LogP contribution in [0.25, 0.3) is 0 Å². The molecule has 0 atom stereocenters. The predicted molar refractivity (Wildman–Crippen MR) is 106 cm³/mol. The third kappa shape index (κ3) is 4.64. The maximum Gasteiger partial charge on any atom is 0.267 e. The number of para-hydroxylation sites is 1. The molecule has 3 rings (SSSR count). The van der Waals surface area contributed by atoms with Gasteiger partial charge in [-0.1, -0.05) is 25.1 Å². The van der Waals surface area contributed by atoms with Crippen molar-refractivity contribution in [1.29, 1.82) is 0 Å². The number of amides is 1. The number of rotatable bonds is 8. The Bertz CT molecular complexity index is 1000. The monoisotopic (exact) mass is 380 g/mol. The summed E-state index contributed by atoms with van der Waals surface area (Å²) in [6.45, 7) is 2.60. The Hall–Kier alpha value is -3.88. The molecule has 9 nitrogen and oxygen atoms in total. The van der Waals surface area contributed by atoms with Crippen molar-refractivity contribution in [2.75, 3.05) is 17.2 Å². The van der Waals surface area contributed by atoms with E-state index in [4.69, 9.17) is 10.5 Å². The summed E-state index contributed by atoms with van der Waals surface area (Å²) in [5, 5.41) is 5.88. The van der Waals surface area contributed by atoms with E-state index in [1.165, 1.54) is 6.20 Å². The second-order valence-electron chi connectivity index (χ2n) is 5.85. The number of hydrogen-bond donors (Lipinski definition) is 4. The molecule has 1 aromatic carbocycles. The van der Waals surface area contributed by atoms with Gasteiger partial charge in [0, 0.05) is 12.6 Å². The maximum atomic E-state index is 12.2. The first kappa shape index (κ1) is 18.9. The number of nitrogens with zero attached hydrogens (tertiary/aromatic N) is 2. The molecule has 0 aliphatic rings. The number of nitrogens with one attached hydrogen (secondary N) is 3. The van der Waals surface area contributed by atoms with Gasteiger partial charge in [0.2, 0.25) is 11.8 Å². The minimum Gasteiger partial charge on any atom is -0.439 e. The first-order chi connectivity index (χ1) is 13.6. The first-order valence-electron chi connectivity index (χ1n) is 8.70. The number of aromatic nitrogens is 3. The summed E-state index contributed by atoms with van der Waals surface area (Å²) < 4.78 is 5.63. The molecule has 1 amide bonds. The zero-order valence-corrected chi connectivity index (χ0v) is 15.2. The van der Waals surface area contributed by atoms with Crippen LogP contribution in [0.3, 0.4) is 0 Å². The summed E-state index contributed by atoms with van der Waals surface area (Å²) in [5.74, 6) is 0.477. The quantitative estimate of drug-likeness (QED) is 0.472. The van der Waals surface area contributed by atoms with Crippen molar-refractivity contribution in [3.8, 4) is 11.6 Å². The third-order valence-corrected chi connectivity index (χ3v) is 3.67. The Kier molecular flexibility index (Phi) is 5.85. The van der Waals surface area contributed by atoms with Crippen LogP contribution in [0, 0.1) is 0 Å². The van der Waals surface area contributed by atoms with E-state index in [9.17, 15) is 9.59 Å². The van der Waals surface area contributed by atoms with Crippen LogP contribution in [0.5, 0.6) is 11.6 Å². The Morgan fingerprint density at radius 1 is 1.21 bits per heavy atom. The summed E-state index contributed by atoms with van der Waals surface area (Å²) in [5.41, 5.74) is 4.97. The Labute approximate surface area is 161 Å². The summed E-state index contributed by atoms with van der Waals surface area (Å²) >= 11 is 0. The molecular weight excluding hydrogens is 360 g/mol. The van der Waals surface area contributed by atoms with Crippen LogP contribution in [0.2, 0.25) is 0 Å². The molecular formula is C19H20N6O3. The number of anilines is 3. The number of aromatic amines is 1. The number of ether oxygens (including phenoxy) is 1. The van der Waals surface area contributed by atoms with Crippen LogP contribution in [0.15, 0.2) is 53.5 Å². The number of nitrogens with two attached hydrogens (primary N) is 1. The summed E-state index contributed by atoms with van der Waals surface area (Å²) in [6.07, 6.45) is 2.35. The number of carbonyl (C=O) groups is 1. The van der Waals surface area contributed by atoms with E-state index in [2.05, 4.69) is 25.6 Å². The molecule has 0 fully saturated rings. The van der Waals surface area contributed by atoms with E-state index >= 15 is 0 Å². The molecule has 0 saturated carbocycles. The van der Waals surface area contributed by atoms with Gasteiger partial charge in [-0.25, -0.2) is 4.98 Å². The Morgan fingerprint density at radius 2 is 2.00 bits per heavy atom. The third-order valence-electron chi connectivity index (χ3n) is 3.67. The van der Waals surface area contributed by atoms with E-state index in [1.807, 2.05) is 37.3 Å². The van der Waals surface area contributed by atoms with Gasteiger partial charge in [0.15, 0.2) is 5.82 Å². The number of primary amides is 1. The van der Waals surface area contributed by atoms with Gasteiger partial charge < -0.3 is 21.1 Å². The normalized spacial score (nSPS) is 10.3. The van der Waals surface area contributed by atoms with Crippen molar-refractivity contribution in [3.63, 3.8) is 0 Å². The van der Waals surface area contributed by atoms with Crippen molar-refractivity contribution >= 4 is 23.4 Å². The standard InChI is InChI=1S/C19H20N6O3/c1-2-10-21-19-24-17(15(16(20)26)18(27)25-19)23-12-8-9-14(22-11-12)28-13-6-4-3-5-7-13/h3-9,11H,2,10H2,1H3,(H2,20,26)(H3,21,23,24,25,27). The molecule has 2 heterocycles. The van der Waals surface area contributed by atoms with Crippen LogP contribution in [0.1, 0.15) is 23.7 Å². The molecule has 0 radical (unpaired) electrons. The van der Waals surface area contributed by atoms with Crippen LogP contribution >= 0.6 is 0 Å². The van der Waals surface area contributed by atoms with Gasteiger partial charge in [0.1, 0.15) is 11.3 Å². The molecule has 0 aliphatic heterocycles.